The van der Waals surface area contributed by atoms with Gasteiger partial charge >= 0.3 is 5.97 Å². The molecule has 0 radical (unpaired) electrons. The molecule has 0 bridgehead atoms. The third-order valence-corrected chi connectivity index (χ3v) is 8.67. The summed E-state index contributed by atoms with van der Waals surface area (Å²) in [5.74, 6) is 1.99. The zero-order chi connectivity index (χ0) is 29.8. The van der Waals surface area contributed by atoms with E-state index in [1.165, 1.54) is 108 Å². The van der Waals surface area contributed by atoms with Gasteiger partial charge in [0.05, 0.1) is 18.8 Å². The van der Waals surface area contributed by atoms with Crippen LogP contribution in [-0.4, -0.2) is 19.2 Å². The van der Waals surface area contributed by atoms with Crippen LogP contribution >= 0.6 is 0 Å². The summed E-state index contributed by atoms with van der Waals surface area (Å²) in [4.78, 5) is 12.6. The van der Waals surface area contributed by atoms with Gasteiger partial charge in [-0.15, -0.1) is 0 Å². The number of esters is 1. The molecule has 1 saturated carbocycles. The Morgan fingerprint density at radius 1 is 0.667 bits per heavy atom. The lowest BCUT2D eigenvalue weighted by molar-refractivity contribution is 0.0734. The standard InChI is InChI=1S/C37H55FO4/c1-3-5-7-8-9-10-11-13-27-41-36-26-21-32(29-35(36)38)37(39)42-34-24-22-33(23-25-34)40-28-14-16-31-19-17-30(18-20-31)15-12-6-4-2/h21-26,29-31H,3-20,27-28H2,1-2H3/t30-,31-. The smallest absolute Gasteiger partial charge is 0.343 e. The average molecular weight is 583 g/mol. The van der Waals surface area contributed by atoms with Crippen LogP contribution in [0.4, 0.5) is 4.39 Å². The molecule has 0 aliphatic heterocycles. The van der Waals surface area contributed by atoms with Gasteiger partial charge in [-0.2, -0.15) is 0 Å². The fourth-order valence-corrected chi connectivity index (χ4v) is 5.99. The highest BCUT2D eigenvalue weighted by Crippen LogP contribution is 2.34. The third kappa shape index (κ3) is 13.2. The van der Waals surface area contributed by atoms with Gasteiger partial charge in [-0.05, 0) is 73.6 Å². The lowest BCUT2D eigenvalue weighted by Gasteiger charge is -2.28. The molecule has 0 amide bonds. The highest BCUT2D eigenvalue weighted by atomic mass is 19.1. The molecule has 0 atom stereocenters. The number of carbonyl (C=O) groups is 1. The average Bonchev–Trinajstić information content (AvgIpc) is 3.00. The highest BCUT2D eigenvalue weighted by Gasteiger charge is 2.20. The number of carbonyl (C=O) groups excluding carboxylic acids is 1. The Balaban J connectivity index is 1.29. The Hall–Kier alpha value is -2.56. The lowest BCUT2D eigenvalue weighted by Crippen LogP contribution is -2.15. The summed E-state index contributed by atoms with van der Waals surface area (Å²) in [6, 6.07) is 11.3. The van der Waals surface area contributed by atoms with E-state index in [-0.39, 0.29) is 11.3 Å². The molecule has 0 heterocycles. The van der Waals surface area contributed by atoms with Crippen LogP contribution in [0, 0.1) is 17.7 Å². The summed E-state index contributed by atoms with van der Waals surface area (Å²) in [6.07, 6.45) is 23.0. The SMILES string of the molecule is CCCCCCCCCCOc1ccc(C(=O)Oc2ccc(OCCC[C@H]3CC[C@H](CCCCC)CC3)cc2)cc1F. The molecule has 4 nitrogen and oxygen atoms in total. The van der Waals surface area contributed by atoms with Gasteiger partial charge in [0.15, 0.2) is 11.6 Å². The third-order valence-electron chi connectivity index (χ3n) is 8.67. The molecule has 0 saturated heterocycles. The molecule has 2 aromatic rings. The van der Waals surface area contributed by atoms with Crippen molar-refractivity contribution in [1.82, 2.24) is 0 Å². The van der Waals surface area contributed by atoms with Crippen LogP contribution in [-0.2, 0) is 0 Å². The van der Waals surface area contributed by atoms with E-state index in [1.807, 2.05) is 12.1 Å². The fraction of sp³-hybridized carbons (Fsp3) is 0.649. The molecule has 0 unspecified atom stereocenters. The summed E-state index contributed by atoms with van der Waals surface area (Å²) >= 11 is 0. The molecule has 0 N–H and O–H groups in total. The van der Waals surface area contributed by atoms with E-state index in [0.29, 0.717) is 19.0 Å². The van der Waals surface area contributed by atoms with Crippen LogP contribution < -0.4 is 14.2 Å². The second-order valence-electron chi connectivity index (χ2n) is 12.2. The minimum atomic E-state index is -0.600. The van der Waals surface area contributed by atoms with Gasteiger partial charge < -0.3 is 14.2 Å². The van der Waals surface area contributed by atoms with E-state index < -0.39 is 11.8 Å². The first-order chi connectivity index (χ1) is 20.6. The topological polar surface area (TPSA) is 44.8 Å². The highest BCUT2D eigenvalue weighted by molar-refractivity contribution is 5.91. The zero-order valence-electron chi connectivity index (χ0n) is 26.3. The Labute approximate surface area is 254 Å². The van der Waals surface area contributed by atoms with Gasteiger partial charge in [-0.3, -0.25) is 0 Å². The van der Waals surface area contributed by atoms with Crippen LogP contribution in [0.3, 0.4) is 0 Å². The number of benzene rings is 2. The van der Waals surface area contributed by atoms with Crippen molar-refractivity contribution in [2.24, 2.45) is 11.8 Å². The zero-order valence-corrected chi connectivity index (χ0v) is 26.3. The van der Waals surface area contributed by atoms with Crippen molar-refractivity contribution in [3.05, 3.63) is 53.8 Å². The quantitative estimate of drug-likeness (QED) is 0.0834. The van der Waals surface area contributed by atoms with E-state index in [2.05, 4.69) is 13.8 Å². The minimum Gasteiger partial charge on any atom is -0.494 e. The predicted molar refractivity (Wildman–Crippen MR) is 170 cm³/mol. The van der Waals surface area contributed by atoms with Crippen LogP contribution in [0.2, 0.25) is 0 Å². The van der Waals surface area contributed by atoms with Crippen LogP contribution in [0.5, 0.6) is 17.2 Å². The molecule has 1 aliphatic rings. The first kappa shape index (κ1) is 33.9. The first-order valence-electron chi connectivity index (χ1n) is 17.0. The first-order valence-corrected chi connectivity index (χ1v) is 17.0. The number of halogens is 1. The molecule has 3 rings (SSSR count). The van der Waals surface area contributed by atoms with Crippen molar-refractivity contribution in [3.63, 3.8) is 0 Å². The van der Waals surface area contributed by atoms with Gasteiger partial charge in [0, 0.05) is 0 Å². The molecular formula is C37H55FO4. The van der Waals surface area contributed by atoms with Crippen LogP contribution in [0.25, 0.3) is 0 Å². The Kier molecular flexibility index (Phi) is 16.5. The van der Waals surface area contributed by atoms with Crippen LogP contribution in [0.15, 0.2) is 42.5 Å². The van der Waals surface area contributed by atoms with Gasteiger partial charge in [0.2, 0.25) is 0 Å². The molecule has 5 heteroatoms. The predicted octanol–water partition coefficient (Wildman–Crippen LogP) is 11.1. The molecular weight excluding hydrogens is 527 g/mol. The van der Waals surface area contributed by atoms with E-state index in [1.54, 1.807) is 18.2 Å². The molecule has 0 aromatic heterocycles. The molecule has 234 valence electrons. The van der Waals surface area contributed by atoms with E-state index >= 15 is 0 Å². The summed E-state index contributed by atoms with van der Waals surface area (Å²) in [6.45, 7) is 5.68. The van der Waals surface area contributed by atoms with Crippen LogP contribution in [0.1, 0.15) is 140 Å². The largest absolute Gasteiger partial charge is 0.494 e. The summed E-state index contributed by atoms with van der Waals surface area (Å²) < 4.78 is 31.5. The van der Waals surface area contributed by atoms with E-state index in [4.69, 9.17) is 14.2 Å². The number of ether oxygens (including phenoxy) is 3. The summed E-state index contributed by atoms with van der Waals surface area (Å²) in [5, 5.41) is 0. The summed E-state index contributed by atoms with van der Waals surface area (Å²) in [5.41, 5.74) is 0.155. The lowest BCUT2D eigenvalue weighted by atomic mass is 9.78. The molecule has 2 aromatic carbocycles. The van der Waals surface area contributed by atoms with Crippen molar-refractivity contribution >= 4 is 5.97 Å². The number of hydrogen-bond donors (Lipinski definition) is 0. The van der Waals surface area contributed by atoms with Crippen molar-refractivity contribution in [2.45, 2.75) is 129 Å². The molecule has 0 spiro atoms. The van der Waals surface area contributed by atoms with Crippen molar-refractivity contribution in [2.75, 3.05) is 13.2 Å². The van der Waals surface area contributed by atoms with Gasteiger partial charge in [0.25, 0.3) is 0 Å². The Bertz CT molecular complexity index is 997. The second-order valence-corrected chi connectivity index (χ2v) is 12.2. The maximum Gasteiger partial charge on any atom is 0.343 e. The molecule has 1 fully saturated rings. The normalized spacial score (nSPS) is 16.7. The maximum atomic E-state index is 14.5. The van der Waals surface area contributed by atoms with Gasteiger partial charge in [-0.25, -0.2) is 9.18 Å². The number of unbranched alkanes of at least 4 members (excludes halogenated alkanes) is 9. The number of rotatable bonds is 21. The summed E-state index contributed by atoms with van der Waals surface area (Å²) in [7, 11) is 0. The number of hydrogen-bond acceptors (Lipinski definition) is 4. The Morgan fingerprint density at radius 3 is 1.86 bits per heavy atom. The minimum absolute atomic E-state index is 0.155. The molecule has 1 aliphatic carbocycles. The fourth-order valence-electron chi connectivity index (χ4n) is 5.99. The Morgan fingerprint density at radius 2 is 1.21 bits per heavy atom. The monoisotopic (exact) mass is 582 g/mol. The second kappa shape index (κ2) is 20.4. The van der Waals surface area contributed by atoms with E-state index in [9.17, 15) is 9.18 Å². The maximum absolute atomic E-state index is 14.5. The van der Waals surface area contributed by atoms with Gasteiger partial charge in [-0.1, -0.05) is 110 Å². The van der Waals surface area contributed by atoms with Crippen molar-refractivity contribution < 1.29 is 23.4 Å². The van der Waals surface area contributed by atoms with Gasteiger partial charge in [0.1, 0.15) is 11.5 Å². The molecule has 42 heavy (non-hydrogen) atoms. The van der Waals surface area contributed by atoms with Crippen molar-refractivity contribution in [1.29, 1.82) is 0 Å². The van der Waals surface area contributed by atoms with E-state index in [0.717, 1.165) is 36.8 Å². The van der Waals surface area contributed by atoms with Crippen molar-refractivity contribution in [3.8, 4) is 17.2 Å².